The van der Waals surface area contributed by atoms with Crippen molar-refractivity contribution in [3.05, 3.63) is 23.8 Å². The average molecular weight is 387 g/mol. The van der Waals surface area contributed by atoms with Crippen LogP contribution >= 0.6 is 0 Å². The summed E-state index contributed by atoms with van der Waals surface area (Å²) >= 11 is 0. The number of ether oxygens (including phenoxy) is 2. The van der Waals surface area contributed by atoms with Crippen LogP contribution in [0.25, 0.3) is 0 Å². The minimum atomic E-state index is -0.0156. The van der Waals surface area contributed by atoms with Gasteiger partial charge in [0.05, 0.1) is 7.11 Å². The molecule has 5 heteroatoms. The highest BCUT2D eigenvalue weighted by atomic mass is 16.5. The number of hydrogen-bond acceptors (Lipinski definition) is 4. The molecule has 3 fully saturated rings. The second-order valence-corrected chi connectivity index (χ2v) is 8.61. The largest absolute Gasteiger partial charge is 0.493 e. The van der Waals surface area contributed by atoms with Crippen molar-refractivity contribution in [2.45, 2.75) is 82.4 Å². The van der Waals surface area contributed by atoms with Gasteiger partial charge in [-0.3, -0.25) is 4.79 Å². The van der Waals surface area contributed by atoms with Crippen LogP contribution in [0.2, 0.25) is 0 Å². The molecule has 2 saturated carbocycles. The lowest BCUT2D eigenvalue weighted by molar-refractivity contribution is 0.0686. The maximum Gasteiger partial charge on any atom is 0.251 e. The summed E-state index contributed by atoms with van der Waals surface area (Å²) in [5.41, 5.74) is 0.651. The van der Waals surface area contributed by atoms with E-state index in [-0.39, 0.29) is 12.0 Å². The zero-order valence-corrected chi connectivity index (χ0v) is 17.1. The van der Waals surface area contributed by atoms with Gasteiger partial charge in [0, 0.05) is 30.7 Å². The molecule has 1 heterocycles. The van der Waals surface area contributed by atoms with Crippen molar-refractivity contribution in [1.29, 1.82) is 0 Å². The summed E-state index contributed by atoms with van der Waals surface area (Å²) in [6.45, 7) is 2.22. The summed E-state index contributed by atoms with van der Waals surface area (Å²) in [4.78, 5) is 15.1. The van der Waals surface area contributed by atoms with Crippen LogP contribution in [0.4, 0.5) is 0 Å². The SMILES string of the molecule is COc1ccc(C(=O)NC2CC2)cc1OC1CCN(C2CCCCCC2)CC1. The van der Waals surface area contributed by atoms with Crippen molar-refractivity contribution in [2.24, 2.45) is 0 Å². The quantitative estimate of drug-likeness (QED) is 0.746. The molecule has 4 rings (SSSR count). The second kappa shape index (κ2) is 9.17. The molecule has 0 spiro atoms. The molecule has 1 aromatic carbocycles. The molecule has 5 nitrogen and oxygen atoms in total. The van der Waals surface area contributed by atoms with Crippen LogP contribution < -0.4 is 14.8 Å². The summed E-state index contributed by atoms with van der Waals surface area (Å²) in [6, 6.07) is 6.63. The fourth-order valence-electron chi connectivity index (χ4n) is 4.57. The van der Waals surface area contributed by atoms with E-state index in [0.717, 1.165) is 44.8 Å². The maximum absolute atomic E-state index is 12.4. The summed E-state index contributed by atoms with van der Waals surface area (Å²) in [5.74, 6) is 1.38. The zero-order valence-electron chi connectivity index (χ0n) is 17.1. The summed E-state index contributed by atoms with van der Waals surface area (Å²) in [7, 11) is 1.65. The monoisotopic (exact) mass is 386 g/mol. The first-order valence-corrected chi connectivity index (χ1v) is 11.1. The van der Waals surface area contributed by atoms with Gasteiger partial charge in [-0.1, -0.05) is 25.7 Å². The predicted octanol–water partition coefficient (Wildman–Crippen LogP) is 4.15. The Hall–Kier alpha value is -1.75. The molecular formula is C23H34N2O3. The Balaban J connectivity index is 1.35. The minimum Gasteiger partial charge on any atom is -0.493 e. The minimum absolute atomic E-state index is 0.0156. The van der Waals surface area contributed by atoms with Gasteiger partial charge in [-0.05, 0) is 56.7 Å². The van der Waals surface area contributed by atoms with Crippen molar-refractivity contribution >= 4 is 5.91 Å². The molecule has 0 radical (unpaired) electrons. The summed E-state index contributed by atoms with van der Waals surface area (Å²) < 4.78 is 11.8. The lowest BCUT2D eigenvalue weighted by Crippen LogP contribution is -2.44. The number of carbonyl (C=O) groups is 1. The molecule has 28 heavy (non-hydrogen) atoms. The van der Waals surface area contributed by atoms with Crippen LogP contribution in [0, 0.1) is 0 Å². The zero-order chi connectivity index (χ0) is 19.3. The topological polar surface area (TPSA) is 50.8 Å². The van der Waals surface area contributed by atoms with Gasteiger partial charge in [0.25, 0.3) is 5.91 Å². The van der Waals surface area contributed by atoms with Crippen LogP contribution in [0.1, 0.15) is 74.6 Å². The summed E-state index contributed by atoms with van der Waals surface area (Å²) in [6.07, 6.45) is 12.7. The van der Waals surface area contributed by atoms with E-state index in [1.807, 2.05) is 18.2 Å². The van der Waals surface area contributed by atoms with Gasteiger partial charge < -0.3 is 19.7 Å². The molecule has 0 bridgehead atoms. The van der Waals surface area contributed by atoms with E-state index in [2.05, 4.69) is 10.2 Å². The van der Waals surface area contributed by atoms with E-state index in [0.29, 0.717) is 23.1 Å². The third kappa shape index (κ3) is 4.99. The van der Waals surface area contributed by atoms with Crippen molar-refractivity contribution in [3.63, 3.8) is 0 Å². The lowest BCUT2D eigenvalue weighted by Gasteiger charge is -2.37. The van der Waals surface area contributed by atoms with Gasteiger partial charge in [0.15, 0.2) is 11.5 Å². The molecule has 3 aliphatic rings. The molecule has 1 amide bonds. The van der Waals surface area contributed by atoms with Crippen LogP contribution in [-0.2, 0) is 0 Å². The third-order valence-corrected chi connectivity index (χ3v) is 6.45. The smallest absolute Gasteiger partial charge is 0.251 e. The van der Waals surface area contributed by atoms with Crippen LogP contribution in [0.15, 0.2) is 18.2 Å². The molecular weight excluding hydrogens is 352 g/mol. The first-order valence-electron chi connectivity index (χ1n) is 11.1. The van der Waals surface area contributed by atoms with Gasteiger partial charge in [-0.25, -0.2) is 0 Å². The van der Waals surface area contributed by atoms with E-state index in [1.54, 1.807) is 7.11 Å². The lowest BCUT2D eigenvalue weighted by atomic mass is 10.0. The molecule has 1 saturated heterocycles. The highest BCUT2D eigenvalue weighted by molar-refractivity contribution is 5.95. The molecule has 2 aliphatic carbocycles. The predicted molar refractivity (Wildman–Crippen MR) is 110 cm³/mol. The Morgan fingerprint density at radius 2 is 1.68 bits per heavy atom. The standard InChI is InChI=1S/C23H34N2O3/c1-27-21-11-8-17(23(26)24-18-9-10-18)16-22(21)28-20-12-14-25(15-13-20)19-6-4-2-3-5-7-19/h8,11,16,18-20H,2-7,9-10,12-15H2,1H3,(H,24,26). The van der Waals surface area contributed by atoms with Crippen molar-refractivity contribution in [2.75, 3.05) is 20.2 Å². The molecule has 0 aromatic heterocycles. The summed E-state index contributed by atoms with van der Waals surface area (Å²) in [5, 5.41) is 3.04. The second-order valence-electron chi connectivity index (χ2n) is 8.61. The number of rotatable bonds is 6. The van der Waals surface area contributed by atoms with Gasteiger partial charge in [0.1, 0.15) is 6.10 Å². The third-order valence-electron chi connectivity index (χ3n) is 6.45. The number of likely N-dealkylation sites (tertiary alicyclic amines) is 1. The maximum atomic E-state index is 12.4. The molecule has 0 atom stereocenters. The average Bonchev–Trinajstić information content (AvgIpc) is 3.55. The molecule has 1 N–H and O–H groups in total. The number of amides is 1. The van der Waals surface area contributed by atoms with Crippen molar-refractivity contribution in [1.82, 2.24) is 10.2 Å². The van der Waals surface area contributed by atoms with Crippen molar-refractivity contribution < 1.29 is 14.3 Å². The van der Waals surface area contributed by atoms with Crippen molar-refractivity contribution in [3.8, 4) is 11.5 Å². The number of carbonyl (C=O) groups excluding carboxylic acids is 1. The number of methoxy groups -OCH3 is 1. The van der Waals surface area contributed by atoms with E-state index < -0.39 is 0 Å². The van der Waals surface area contributed by atoms with Crippen LogP contribution in [0.3, 0.4) is 0 Å². The van der Waals surface area contributed by atoms with Crippen LogP contribution in [0.5, 0.6) is 11.5 Å². The normalized spacial score (nSPS) is 22.5. The number of nitrogens with zero attached hydrogens (tertiary/aromatic N) is 1. The molecule has 0 unspecified atom stereocenters. The highest BCUT2D eigenvalue weighted by Gasteiger charge is 2.28. The van der Waals surface area contributed by atoms with Gasteiger partial charge in [0.2, 0.25) is 0 Å². The van der Waals surface area contributed by atoms with Gasteiger partial charge >= 0.3 is 0 Å². The highest BCUT2D eigenvalue weighted by Crippen LogP contribution is 2.32. The first kappa shape index (κ1) is 19.6. The Kier molecular flexibility index (Phi) is 6.40. The fraction of sp³-hybridized carbons (Fsp3) is 0.696. The van der Waals surface area contributed by atoms with E-state index in [1.165, 1.54) is 38.5 Å². The Morgan fingerprint density at radius 3 is 2.32 bits per heavy atom. The van der Waals surface area contributed by atoms with E-state index in [4.69, 9.17) is 9.47 Å². The van der Waals surface area contributed by atoms with Gasteiger partial charge in [-0.2, -0.15) is 0 Å². The van der Waals surface area contributed by atoms with Gasteiger partial charge in [-0.15, -0.1) is 0 Å². The Labute approximate surface area is 168 Å². The number of piperidine rings is 1. The van der Waals surface area contributed by atoms with E-state index in [9.17, 15) is 4.79 Å². The Morgan fingerprint density at radius 1 is 0.964 bits per heavy atom. The number of benzene rings is 1. The van der Waals surface area contributed by atoms with E-state index >= 15 is 0 Å². The molecule has 154 valence electrons. The molecule has 1 aliphatic heterocycles. The fourth-order valence-corrected chi connectivity index (χ4v) is 4.57. The number of hydrogen-bond donors (Lipinski definition) is 1. The molecule has 1 aromatic rings. The Bertz CT molecular complexity index is 658. The first-order chi connectivity index (χ1) is 13.7. The number of nitrogens with one attached hydrogen (secondary N) is 1. The van der Waals surface area contributed by atoms with Crippen LogP contribution in [-0.4, -0.2) is 49.2 Å².